The van der Waals surface area contributed by atoms with Crippen molar-refractivity contribution in [3.8, 4) is 0 Å². The highest BCUT2D eigenvalue weighted by Crippen LogP contribution is 2.33. The number of ketones is 2. The Bertz CT molecular complexity index is 450. The monoisotopic (exact) mass is 294 g/mol. The lowest BCUT2D eigenvalue weighted by Crippen LogP contribution is -2.21. The van der Waals surface area contributed by atoms with Crippen molar-refractivity contribution in [2.75, 3.05) is 0 Å². The van der Waals surface area contributed by atoms with Crippen LogP contribution in [0.4, 0.5) is 0 Å². The number of aliphatic hydroxyl groups excluding tert-OH is 1. The molecule has 1 fully saturated rings. The Morgan fingerprint density at radius 3 is 2.71 bits per heavy atom. The van der Waals surface area contributed by atoms with Gasteiger partial charge in [0, 0.05) is 31.3 Å². The van der Waals surface area contributed by atoms with Gasteiger partial charge in [-0.25, -0.2) is 4.79 Å². The molecule has 5 nitrogen and oxygen atoms in total. The summed E-state index contributed by atoms with van der Waals surface area (Å²) in [7, 11) is 0. The van der Waals surface area contributed by atoms with E-state index in [4.69, 9.17) is 5.11 Å². The SMILES string of the molecule is CC(=O)CCC/C=C/[C@H]1CC(=O)C[C@@H]1[C@H](O)/C=C/C(=O)O. The summed E-state index contributed by atoms with van der Waals surface area (Å²) in [6, 6.07) is 0. The highest BCUT2D eigenvalue weighted by atomic mass is 16.4. The van der Waals surface area contributed by atoms with Gasteiger partial charge in [-0.05, 0) is 31.8 Å². The second kappa shape index (κ2) is 8.52. The maximum Gasteiger partial charge on any atom is 0.328 e. The second-order valence-electron chi connectivity index (χ2n) is 5.48. The minimum atomic E-state index is -1.12. The van der Waals surface area contributed by atoms with E-state index in [2.05, 4.69) is 0 Å². The number of rotatable bonds is 8. The molecule has 0 bridgehead atoms. The Hall–Kier alpha value is -1.75. The quantitative estimate of drug-likeness (QED) is 0.405. The average Bonchev–Trinajstić information content (AvgIpc) is 2.76. The Morgan fingerprint density at radius 1 is 1.38 bits per heavy atom. The second-order valence-corrected chi connectivity index (χ2v) is 5.48. The fraction of sp³-hybridized carbons (Fsp3) is 0.562. The number of allylic oxidation sites excluding steroid dienone is 2. The van der Waals surface area contributed by atoms with Crippen LogP contribution in [0.5, 0.6) is 0 Å². The minimum Gasteiger partial charge on any atom is -0.478 e. The first-order valence-corrected chi connectivity index (χ1v) is 7.17. The predicted octanol–water partition coefficient (Wildman–Crippen LogP) is 1.90. The summed E-state index contributed by atoms with van der Waals surface area (Å²) in [5.74, 6) is -1.21. The van der Waals surface area contributed by atoms with Crippen molar-refractivity contribution < 1.29 is 24.6 Å². The van der Waals surface area contributed by atoms with Crippen molar-refractivity contribution in [3.05, 3.63) is 24.3 Å². The molecule has 0 spiro atoms. The molecular weight excluding hydrogens is 272 g/mol. The molecule has 1 aliphatic carbocycles. The smallest absolute Gasteiger partial charge is 0.328 e. The van der Waals surface area contributed by atoms with Gasteiger partial charge in [-0.2, -0.15) is 0 Å². The van der Waals surface area contributed by atoms with Crippen molar-refractivity contribution in [2.45, 2.75) is 45.1 Å². The number of unbranched alkanes of at least 4 members (excludes halogenated alkanes) is 1. The van der Waals surface area contributed by atoms with E-state index in [9.17, 15) is 19.5 Å². The normalized spacial score (nSPS) is 24.0. The molecule has 0 aromatic rings. The summed E-state index contributed by atoms with van der Waals surface area (Å²) < 4.78 is 0. The standard InChI is InChI=1S/C16H22O5/c1-11(17)5-3-2-4-6-12-9-13(18)10-14(12)15(19)7-8-16(20)21/h4,6-8,12,14-15,19H,2-3,5,9-10H2,1H3,(H,20,21)/b6-4+,8-7+/t12-,14-,15+/m0/s1. The van der Waals surface area contributed by atoms with Crippen LogP contribution in [0, 0.1) is 11.8 Å². The zero-order chi connectivity index (χ0) is 15.8. The molecule has 116 valence electrons. The van der Waals surface area contributed by atoms with Gasteiger partial charge < -0.3 is 15.0 Å². The number of carbonyl (C=O) groups excluding carboxylic acids is 2. The Morgan fingerprint density at radius 2 is 2.10 bits per heavy atom. The lowest BCUT2D eigenvalue weighted by atomic mass is 9.90. The van der Waals surface area contributed by atoms with Crippen LogP contribution >= 0.6 is 0 Å². The Balaban J connectivity index is 2.54. The van der Waals surface area contributed by atoms with Crippen LogP contribution in [0.15, 0.2) is 24.3 Å². The lowest BCUT2D eigenvalue weighted by molar-refractivity contribution is -0.131. The number of hydrogen-bond acceptors (Lipinski definition) is 4. The van der Waals surface area contributed by atoms with E-state index in [1.54, 1.807) is 6.92 Å². The number of carbonyl (C=O) groups is 3. The van der Waals surface area contributed by atoms with Crippen molar-refractivity contribution in [1.82, 2.24) is 0 Å². The van der Waals surface area contributed by atoms with Gasteiger partial charge in [0.1, 0.15) is 11.6 Å². The van der Waals surface area contributed by atoms with Gasteiger partial charge in [-0.3, -0.25) is 4.79 Å². The molecule has 0 aliphatic heterocycles. The maximum atomic E-state index is 11.6. The van der Waals surface area contributed by atoms with E-state index in [1.165, 1.54) is 6.08 Å². The molecule has 0 unspecified atom stereocenters. The molecule has 21 heavy (non-hydrogen) atoms. The van der Waals surface area contributed by atoms with Crippen LogP contribution < -0.4 is 0 Å². The molecule has 0 aromatic heterocycles. The van der Waals surface area contributed by atoms with E-state index in [1.807, 2.05) is 12.2 Å². The lowest BCUT2D eigenvalue weighted by Gasteiger charge is -2.19. The fourth-order valence-corrected chi connectivity index (χ4v) is 2.56. The number of aliphatic carboxylic acids is 1. The first kappa shape index (κ1) is 17.3. The third kappa shape index (κ3) is 6.49. The topological polar surface area (TPSA) is 91.7 Å². The van der Waals surface area contributed by atoms with Crippen LogP contribution in [0.1, 0.15) is 39.0 Å². The Labute approximate surface area is 124 Å². The molecule has 0 heterocycles. The third-order valence-corrected chi connectivity index (χ3v) is 3.63. The van der Waals surface area contributed by atoms with Crippen molar-refractivity contribution in [1.29, 1.82) is 0 Å². The molecule has 1 rings (SSSR count). The Kier molecular flexibility index (Phi) is 7.02. The van der Waals surface area contributed by atoms with Gasteiger partial charge in [-0.1, -0.05) is 12.2 Å². The van der Waals surface area contributed by atoms with E-state index < -0.39 is 12.1 Å². The molecular formula is C16H22O5. The zero-order valence-electron chi connectivity index (χ0n) is 12.2. The van der Waals surface area contributed by atoms with E-state index in [0.717, 1.165) is 18.9 Å². The average molecular weight is 294 g/mol. The molecule has 0 amide bonds. The van der Waals surface area contributed by atoms with Crippen molar-refractivity contribution in [3.63, 3.8) is 0 Å². The molecule has 5 heteroatoms. The highest BCUT2D eigenvalue weighted by Gasteiger charge is 2.35. The summed E-state index contributed by atoms with van der Waals surface area (Å²) in [5.41, 5.74) is 0. The van der Waals surface area contributed by atoms with Gasteiger partial charge >= 0.3 is 5.97 Å². The maximum absolute atomic E-state index is 11.6. The minimum absolute atomic E-state index is 0.0664. The summed E-state index contributed by atoms with van der Waals surface area (Å²) in [6.45, 7) is 1.56. The fourth-order valence-electron chi connectivity index (χ4n) is 2.56. The number of carboxylic acids is 1. The first-order valence-electron chi connectivity index (χ1n) is 7.17. The van der Waals surface area contributed by atoms with Gasteiger partial charge in [0.2, 0.25) is 0 Å². The summed E-state index contributed by atoms with van der Waals surface area (Å²) >= 11 is 0. The predicted molar refractivity (Wildman–Crippen MR) is 77.7 cm³/mol. The van der Waals surface area contributed by atoms with Crippen molar-refractivity contribution >= 4 is 17.5 Å². The third-order valence-electron chi connectivity index (χ3n) is 3.63. The van der Waals surface area contributed by atoms with Crippen LogP contribution in [0.2, 0.25) is 0 Å². The molecule has 0 saturated heterocycles. The summed E-state index contributed by atoms with van der Waals surface area (Å²) in [6.07, 6.45) is 7.78. The molecule has 1 aliphatic rings. The molecule has 0 radical (unpaired) electrons. The molecule has 1 saturated carbocycles. The van der Waals surface area contributed by atoms with Gasteiger partial charge in [-0.15, -0.1) is 0 Å². The first-order chi connectivity index (χ1) is 9.90. The largest absolute Gasteiger partial charge is 0.478 e. The van der Waals surface area contributed by atoms with Crippen LogP contribution in [0.25, 0.3) is 0 Å². The number of carboxylic acid groups (broad SMARTS) is 1. The van der Waals surface area contributed by atoms with E-state index >= 15 is 0 Å². The van der Waals surface area contributed by atoms with Crippen LogP contribution in [-0.2, 0) is 14.4 Å². The van der Waals surface area contributed by atoms with Crippen LogP contribution in [-0.4, -0.2) is 33.9 Å². The van der Waals surface area contributed by atoms with Gasteiger partial charge in [0.05, 0.1) is 6.10 Å². The number of hydrogen-bond donors (Lipinski definition) is 2. The van der Waals surface area contributed by atoms with Gasteiger partial charge in [0.25, 0.3) is 0 Å². The highest BCUT2D eigenvalue weighted by molar-refractivity contribution is 5.82. The number of aliphatic hydroxyl groups is 1. The number of Topliss-reactive ketones (excluding diaryl/α,β-unsaturated/α-hetero) is 2. The molecule has 0 aromatic carbocycles. The van der Waals surface area contributed by atoms with E-state index in [0.29, 0.717) is 12.8 Å². The van der Waals surface area contributed by atoms with Crippen molar-refractivity contribution in [2.24, 2.45) is 11.8 Å². The molecule has 2 N–H and O–H groups in total. The van der Waals surface area contributed by atoms with Gasteiger partial charge in [0.15, 0.2) is 0 Å². The van der Waals surface area contributed by atoms with Crippen LogP contribution in [0.3, 0.4) is 0 Å². The summed E-state index contributed by atoms with van der Waals surface area (Å²) in [4.78, 5) is 32.8. The van der Waals surface area contributed by atoms with E-state index in [-0.39, 0.29) is 29.8 Å². The summed E-state index contributed by atoms with van der Waals surface area (Å²) in [5, 5.41) is 18.5. The zero-order valence-corrected chi connectivity index (χ0v) is 12.2. The molecule has 3 atom stereocenters.